The van der Waals surface area contributed by atoms with Crippen molar-refractivity contribution in [2.24, 2.45) is 17.6 Å². The van der Waals surface area contributed by atoms with Crippen molar-refractivity contribution in [1.82, 2.24) is 4.98 Å². The van der Waals surface area contributed by atoms with Crippen molar-refractivity contribution in [2.45, 2.75) is 25.0 Å². The number of nitrogens with one attached hydrogen (secondary N) is 1. The highest BCUT2D eigenvalue weighted by Gasteiger charge is 2.53. The van der Waals surface area contributed by atoms with Crippen molar-refractivity contribution in [3.63, 3.8) is 0 Å². The van der Waals surface area contributed by atoms with Gasteiger partial charge in [0, 0.05) is 35.9 Å². The van der Waals surface area contributed by atoms with E-state index in [9.17, 15) is 24.9 Å². The molecule has 2 fully saturated rings. The second-order valence-corrected chi connectivity index (χ2v) is 7.97. The summed E-state index contributed by atoms with van der Waals surface area (Å²) in [5.41, 5.74) is 7.47. The summed E-state index contributed by atoms with van der Waals surface area (Å²) < 4.78 is 0. The number of pyridine rings is 1. The molecule has 1 aromatic heterocycles. The summed E-state index contributed by atoms with van der Waals surface area (Å²) >= 11 is 0. The fourth-order valence-corrected chi connectivity index (χ4v) is 4.77. The van der Waals surface area contributed by atoms with E-state index in [1.54, 1.807) is 0 Å². The Labute approximate surface area is 160 Å². The zero-order valence-electron chi connectivity index (χ0n) is 15.1. The van der Waals surface area contributed by atoms with Crippen molar-refractivity contribution < 1.29 is 20.1 Å². The Bertz CT molecular complexity index is 1050. The number of hydrogen-bond acceptors (Lipinski definition) is 6. The number of H-pyrrole nitrogens is 1. The molecule has 5 rings (SSSR count). The number of aliphatic hydroxyl groups excluding tert-OH is 1. The molecule has 2 aromatic rings. The number of rotatable bonds is 2. The van der Waals surface area contributed by atoms with E-state index in [0.29, 0.717) is 46.7 Å². The number of aromatic carboxylic acids is 1. The maximum absolute atomic E-state index is 12.2. The molecular formula is C20H21N3O5. The van der Waals surface area contributed by atoms with Gasteiger partial charge in [0.05, 0.1) is 11.8 Å². The van der Waals surface area contributed by atoms with Crippen molar-refractivity contribution in [3.05, 3.63) is 45.2 Å². The number of nitrogens with zero attached hydrogens (tertiary/aromatic N) is 1. The Balaban J connectivity index is 1.61. The Morgan fingerprint density at radius 1 is 1.25 bits per heavy atom. The third-order valence-electron chi connectivity index (χ3n) is 6.46. The molecule has 0 bridgehead atoms. The fourth-order valence-electron chi connectivity index (χ4n) is 4.77. The van der Waals surface area contributed by atoms with Crippen molar-refractivity contribution in [1.29, 1.82) is 0 Å². The molecular weight excluding hydrogens is 362 g/mol. The summed E-state index contributed by atoms with van der Waals surface area (Å²) in [6.07, 6.45) is -0.206. The van der Waals surface area contributed by atoms with Crippen molar-refractivity contribution in [2.75, 3.05) is 18.0 Å². The average molecular weight is 383 g/mol. The van der Waals surface area contributed by atoms with Crippen LogP contribution in [-0.4, -0.2) is 45.4 Å². The van der Waals surface area contributed by atoms with Gasteiger partial charge in [0.15, 0.2) is 5.56 Å². The number of hydrogen-bond donors (Lipinski definition) is 5. The fraction of sp³-hybridized carbons (Fsp3) is 0.400. The zero-order chi connectivity index (χ0) is 19.7. The van der Waals surface area contributed by atoms with Crippen molar-refractivity contribution >= 4 is 11.7 Å². The number of carboxylic acids is 1. The van der Waals surface area contributed by atoms with Gasteiger partial charge >= 0.3 is 5.97 Å². The van der Waals surface area contributed by atoms with Gasteiger partial charge in [-0.15, -0.1) is 0 Å². The molecule has 2 unspecified atom stereocenters. The molecule has 1 aromatic carbocycles. The van der Waals surface area contributed by atoms with Crippen LogP contribution in [0.1, 0.15) is 34.0 Å². The van der Waals surface area contributed by atoms with E-state index in [2.05, 4.69) is 9.88 Å². The van der Waals surface area contributed by atoms with E-state index in [-0.39, 0.29) is 6.42 Å². The zero-order valence-corrected chi connectivity index (χ0v) is 15.1. The summed E-state index contributed by atoms with van der Waals surface area (Å²) in [4.78, 5) is 28.4. The molecule has 2 aliphatic carbocycles. The monoisotopic (exact) mass is 383 g/mol. The van der Waals surface area contributed by atoms with Gasteiger partial charge in [-0.2, -0.15) is 0 Å². The smallest absolute Gasteiger partial charge is 0.345 e. The quantitative estimate of drug-likeness (QED) is 0.517. The van der Waals surface area contributed by atoms with Crippen LogP contribution in [0.25, 0.3) is 11.3 Å². The predicted octanol–water partition coefficient (Wildman–Crippen LogP) is 0.819. The second-order valence-electron chi connectivity index (χ2n) is 7.97. The van der Waals surface area contributed by atoms with Crippen LogP contribution in [0, 0.1) is 11.8 Å². The number of fused-ring (bicyclic) bond motifs is 4. The number of nitrogens with two attached hydrogens (primary N) is 1. The van der Waals surface area contributed by atoms with E-state index in [1.807, 2.05) is 18.2 Å². The third kappa shape index (κ3) is 2.38. The lowest BCUT2D eigenvalue weighted by atomic mass is 9.98. The number of aromatic hydroxyl groups is 1. The van der Waals surface area contributed by atoms with Gasteiger partial charge in [0.1, 0.15) is 5.75 Å². The minimum absolute atomic E-state index is 0.256. The van der Waals surface area contributed by atoms with Crippen LogP contribution in [0.4, 0.5) is 5.69 Å². The third-order valence-corrected chi connectivity index (χ3v) is 6.46. The SMILES string of the molecule is NC1[C@H]2CN(c3ccc4c(c3)C(O)CCc3c-4[nH]c(=O)c(C(=O)O)c3O)C[C@@H]12. The molecule has 0 spiro atoms. The lowest BCUT2D eigenvalue weighted by Crippen LogP contribution is -2.28. The number of piperidine rings is 1. The lowest BCUT2D eigenvalue weighted by molar-refractivity contribution is 0.0691. The molecule has 8 nitrogen and oxygen atoms in total. The Kier molecular flexibility index (Phi) is 3.59. The van der Waals surface area contributed by atoms with E-state index in [4.69, 9.17) is 5.73 Å². The van der Waals surface area contributed by atoms with Crippen LogP contribution in [-0.2, 0) is 6.42 Å². The molecule has 8 heteroatoms. The first-order chi connectivity index (χ1) is 13.4. The normalized spacial score (nSPS) is 27.6. The summed E-state index contributed by atoms with van der Waals surface area (Å²) in [5.74, 6) is -0.934. The number of aliphatic hydroxyl groups is 1. The molecule has 28 heavy (non-hydrogen) atoms. The number of carbonyl (C=O) groups is 1. The van der Waals surface area contributed by atoms with Gasteiger partial charge in [-0.3, -0.25) is 4.79 Å². The van der Waals surface area contributed by atoms with Crippen LogP contribution in [0.15, 0.2) is 23.0 Å². The minimum atomic E-state index is -1.48. The highest BCUT2D eigenvalue weighted by molar-refractivity contribution is 5.92. The Morgan fingerprint density at radius 3 is 2.64 bits per heavy atom. The summed E-state index contributed by atoms with van der Waals surface area (Å²) in [6.45, 7) is 1.80. The number of carboxylic acid groups (broad SMARTS) is 1. The maximum atomic E-state index is 12.2. The van der Waals surface area contributed by atoms with Gasteiger partial charge in [0.2, 0.25) is 0 Å². The molecule has 1 aliphatic heterocycles. The highest BCUT2D eigenvalue weighted by Crippen LogP contribution is 2.47. The van der Waals surface area contributed by atoms with Crippen LogP contribution >= 0.6 is 0 Å². The number of anilines is 1. The molecule has 146 valence electrons. The largest absolute Gasteiger partial charge is 0.506 e. The molecule has 4 atom stereocenters. The number of aromatic amines is 1. The topological polar surface area (TPSA) is 140 Å². The predicted molar refractivity (Wildman–Crippen MR) is 102 cm³/mol. The average Bonchev–Trinajstić information content (AvgIpc) is 3.09. The first-order valence-electron chi connectivity index (χ1n) is 9.41. The van der Waals surface area contributed by atoms with Gasteiger partial charge < -0.3 is 30.9 Å². The number of benzene rings is 1. The minimum Gasteiger partial charge on any atom is -0.506 e. The lowest BCUT2D eigenvalue weighted by Gasteiger charge is -2.24. The highest BCUT2D eigenvalue weighted by atomic mass is 16.4. The van der Waals surface area contributed by atoms with E-state index in [0.717, 1.165) is 18.8 Å². The molecule has 1 saturated carbocycles. The van der Waals surface area contributed by atoms with Crippen molar-refractivity contribution in [3.8, 4) is 17.0 Å². The molecule has 0 amide bonds. The summed E-state index contributed by atoms with van der Waals surface area (Å²) in [6, 6.07) is 5.96. The van der Waals surface area contributed by atoms with Gasteiger partial charge in [-0.1, -0.05) is 6.07 Å². The molecule has 1 saturated heterocycles. The van der Waals surface area contributed by atoms with Crippen LogP contribution in [0.3, 0.4) is 0 Å². The summed E-state index contributed by atoms with van der Waals surface area (Å²) in [5, 5.41) is 30.3. The Hall–Kier alpha value is -2.84. The molecule has 2 heterocycles. The standard InChI is InChI=1S/C20H21N3O5/c21-16-12-6-23(7-13(12)16)8-1-2-9-11(5-8)14(24)4-3-10-17(9)22-19(26)15(18(10)25)20(27)28/h1-2,5,12-14,16,24H,3-4,6-7,21H2,(H,27,28)(H2,22,25,26)/t12-,13+,14?,16?. The van der Waals surface area contributed by atoms with Gasteiger partial charge in [-0.05, 0) is 42.4 Å². The molecule has 6 N–H and O–H groups in total. The van der Waals surface area contributed by atoms with Crippen LogP contribution < -0.4 is 16.2 Å². The van der Waals surface area contributed by atoms with E-state index >= 15 is 0 Å². The van der Waals surface area contributed by atoms with Crippen LogP contribution in [0.2, 0.25) is 0 Å². The second kappa shape index (κ2) is 5.83. The van der Waals surface area contributed by atoms with E-state index in [1.165, 1.54) is 0 Å². The molecule has 3 aliphatic rings. The first-order valence-corrected chi connectivity index (χ1v) is 9.41. The maximum Gasteiger partial charge on any atom is 0.345 e. The number of aromatic nitrogens is 1. The first kappa shape index (κ1) is 17.3. The van der Waals surface area contributed by atoms with Gasteiger partial charge in [-0.25, -0.2) is 4.79 Å². The summed E-state index contributed by atoms with van der Waals surface area (Å²) in [7, 11) is 0. The Morgan fingerprint density at radius 2 is 1.96 bits per heavy atom. The van der Waals surface area contributed by atoms with E-state index < -0.39 is 28.9 Å². The van der Waals surface area contributed by atoms with Crippen LogP contribution in [0.5, 0.6) is 5.75 Å². The van der Waals surface area contributed by atoms with Gasteiger partial charge in [0.25, 0.3) is 5.56 Å². The molecule has 0 radical (unpaired) electrons.